The van der Waals surface area contributed by atoms with Gasteiger partial charge in [-0.05, 0) is 12.1 Å². The lowest BCUT2D eigenvalue weighted by Crippen LogP contribution is -2.17. The van der Waals surface area contributed by atoms with Crippen LogP contribution in [-0.2, 0) is 0 Å². The van der Waals surface area contributed by atoms with Crippen molar-refractivity contribution in [1.82, 2.24) is 10.4 Å². The van der Waals surface area contributed by atoms with Crippen LogP contribution in [0.15, 0.2) is 41.8 Å². The number of nitrogens with one attached hydrogen (secondary N) is 1. The highest BCUT2D eigenvalue weighted by atomic mass is 16.6. The molecule has 1 heterocycles. The number of carbonyl (C=O) groups excluding carboxylic acids is 1. The monoisotopic (exact) mass is 316 g/mol. The Kier molecular flexibility index (Phi) is 4.82. The molecule has 0 bridgehead atoms. The molecule has 0 radical (unpaired) electrons. The standard InChI is InChI=1S/C14H12N4O5/c1-23-12-6-11(18(21)22)5-10(13(12)19)8-16-17-14(20)9-3-2-4-15-7-9/h2-8,19H,1H3,(H,17,20)/b16-8-. The highest BCUT2D eigenvalue weighted by molar-refractivity contribution is 5.95. The van der Waals surface area contributed by atoms with Crippen molar-refractivity contribution in [1.29, 1.82) is 0 Å². The highest BCUT2D eigenvalue weighted by Crippen LogP contribution is 2.33. The normalized spacial score (nSPS) is 10.5. The van der Waals surface area contributed by atoms with E-state index in [2.05, 4.69) is 15.5 Å². The number of hydrogen-bond donors (Lipinski definition) is 2. The number of phenols is 1. The predicted molar refractivity (Wildman–Crippen MR) is 80.6 cm³/mol. The van der Waals surface area contributed by atoms with E-state index in [4.69, 9.17) is 4.74 Å². The number of nitrogens with zero attached hydrogens (tertiary/aromatic N) is 3. The summed E-state index contributed by atoms with van der Waals surface area (Å²) in [6.45, 7) is 0. The molecule has 1 aromatic carbocycles. The van der Waals surface area contributed by atoms with Crippen LogP contribution in [-0.4, -0.2) is 34.2 Å². The van der Waals surface area contributed by atoms with E-state index in [-0.39, 0.29) is 22.7 Å². The van der Waals surface area contributed by atoms with Crippen LogP contribution in [0.2, 0.25) is 0 Å². The lowest BCUT2D eigenvalue weighted by molar-refractivity contribution is -0.385. The third-order valence-electron chi connectivity index (χ3n) is 2.81. The average molecular weight is 316 g/mol. The lowest BCUT2D eigenvalue weighted by Gasteiger charge is -2.06. The van der Waals surface area contributed by atoms with Crippen molar-refractivity contribution in [3.8, 4) is 11.5 Å². The number of nitro benzene ring substituents is 1. The first-order chi connectivity index (χ1) is 11.0. The number of aromatic hydroxyl groups is 1. The first-order valence-corrected chi connectivity index (χ1v) is 6.31. The van der Waals surface area contributed by atoms with Crippen LogP contribution < -0.4 is 10.2 Å². The number of benzene rings is 1. The molecule has 0 fully saturated rings. The summed E-state index contributed by atoms with van der Waals surface area (Å²) < 4.78 is 4.86. The summed E-state index contributed by atoms with van der Waals surface area (Å²) in [5.41, 5.74) is 2.28. The number of rotatable bonds is 5. The molecule has 0 spiro atoms. The first-order valence-electron chi connectivity index (χ1n) is 6.31. The van der Waals surface area contributed by atoms with Crippen LogP contribution in [0.3, 0.4) is 0 Å². The second kappa shape index (κ2) is 6.98. The highest BCUT2D eigenvalue weighted by Gasteiger charge is 2.15. The summed E-state index contributed by atoms with van der Waals surface area (Å²) in [5, 5.41) is 24.4. The molecule has 1 amide bonds. The molecule has 23 heavy (non-hydrogen) atoms. The minimum Gasteiger partial charge on any atom is -0.504 e. The molecule has 0 aliphatic carbocycles. The van der Waals surface area contributed by atoms with E-state index in [1.165, 1.54) is 19.5 Å². The van der Waals surface area contributed by atoms with Gasteiger partial charge in [-0.3, -0.25) is 19.9 Å². The quantitative estimate of drug-likeness (QED) is 0.488. The topological polar surface area (TPSA) is 127 Å². The summed E-state index contributed by atoms with van der Waals surface area (Å²) in [7, 11) is 1.27. The number of ether oxygens (including phenoxy) is 1. The van der Waals surface area contributed by atoms with Crippen LogP contribution in [0.25, 0.3) is 0 Å². The van der Waals surface area contributed by atoms with Gasteiger partial charge in [-0.2, -0.15) is 5.10 Å². The van der Waals surface area contributed by atoms with Gasteiger partial charge in [0, 0.05) is 24.0 Å². The van der Waals surface area contributed by atoms with Gasteiger partial charge >= 0.3 is 0 Å². The van der Waals surface area contributed by atoms with Crippen LogP contribution >= 0.6 is 0 Å². The third-order valence-corrected chi connectivity index (χ3v) is 2.81. The van der Waals surface area contributed by atoms with Crippen molar-refractivity contribution < 1.29 is 19.6 Å². The number of aromatic nitrogens is 1. The second-order valence-corrected chi connectivity index (χ2v) is 4.28. The average Bonchev–Trinajstić information content (AvgIpc) is 2.56. The van der Waals surface area contributed by atoms with Gasteiger partial charge in [0.1, 0.15) is 0 Å². The van der Waals surface area contributed by atoms with Crippen molar-refractivity contribution in [2.45, 2.75) is 0 Å². The Balaban J connectivity index is 2.20. The molecule has 1 aromatic heterocycles. The number of non-ortho nitro benzene ring substituents is 1. The predicted octanol–water partition coefficient (Wildman–Crippen LogP) is 1.47. The summed E-state index contributed by atoms with van der Waals surface area (Å²) in [5.74, 6) is -0.900. The number of hydrogen-bond acceptors (Lipinski definition) is 7. The Morgan fingerprint density at radius 3 is 2.91 bits per heavy atom. The number of methoxy groups -OCH3 is 1. The molecule has 9 nitrogen and oxygen atoms in total. The first kappa shape index (κ1) is 15.9. The van der Waals surface area contributed by atoms with E-state index in [0.29, 0.717) is 5.56 Å². The van der Waals surface area contributed by atoms with Gasteiger partial charge in [0.15, 0.2) is 11.5 Å². The molecule has 2 N–H and O–H groups in total. The summed E-state index contributed by atoms with van der Waals surface area (Å²) in [4.78, 5) is 25.8. The van der Waals surface area contributed by atoms with Crippen LogP contribution in [0.1, 0.15) is 15.9 Å². The largest absolute Gasteiger partial charge is 0.504 e. The van der Waals surface area contributed by atoms with Gasteiger partial charge in [-0.25, -0.2) is 5.43 Å². The molecule has 0 saturated carbocycles. The van der Waals surface area contributed by atoms with Gasteiger partial charge in [0.2, 0.25) is 0 Å². The minimum absolute atomic E-state index is 0.0301. The number of hydrazone groups is 1. The van der Waals surface area contributed by atoms with E-state index >= 15 is 0 Å². The number of amides is 1. The zero-order chi connectivity index (χ0) is 16.8. The Morgan fingerprint density at radius 1 is 1.52 bits per heavy atom. The van der Waals surface area contributed by atoms with E-state index in [0.717, 1.165) is 18.3 Å². The van der Waals surface area contributed by atoms with E-state index < -0.39 is 10.8 Å². The van der Waals surface area contributed by atoms with E-state index in [1.54, 1.807) is 12.1 Å². The fourth-order valence-electron chi connectivity index (χ4n) is 1.70. The zero-order valence-corrected chi connectivity index (χ0v) is 12.0. The molecule has 0 saturated heterocycles. The Labute approximate surface area is 130 Å². The maximum atomic E-state index is 11.8. The van der Waals surface area contributed by atoms with Crippen LogP contribution in [0, 0.1) is 10.1 Å². The SMILES string of the molecule is COc1cc([N+](=O)[O-])cc(/C=N\NC(=O)c2cccnc2)c1O. The van der Waals surface area contributed by atoms with E-state index in [1.807, 2.05) is 0 Å². The van der Waals surface area contributed by atoms with Crippen molar-refractivity contribution in [2.75, 3.05) is 7.11 Å². The van der Waals surface area contributed by atoms with E-state index in [9.17, 15) is 20.0 Å². The molecular formula is C14H12N4O5. The molecule has 118 valence electrons. The smallest absolute Gasteiger partial charge is 0.274 e. The summed E-state index contributed by atoms with van der Waals surface area (Å²) in [6.07, 6.45) is 3.96. The van der Waals surface area contributed by atoms with Crippen molar-refractivity contribution >= 4 is 17.8 Å². The molecule has 9 heteroatoms. The summed E-state index contributed by atoms with van der Waals surface area (Å²) in [6, 6.07) is 5.33. The molecule has 0 atom stereocenters. The van der Waals surface area contributed by atoms with Gasteiger partial charge in [-0.1, -0.05) is 0 Å². The molecule has 0 aliphatic rings. The van der Waals surface area contributed by atoms with Gasteiger partial charge in [0.05, 0.1) is 29.9 Å². The Hall–Kier alpha value is -3.49. The number of pyridine rings is 1. The van der Waals surface area contributed by atoms with Crippen molar-refractivity contribution in [2.24, 2.45) is 5.10 Å². The van der Waals surface area contributed by atoms with Crippen LogP contribution in [0.4, 0.5) is 5.69 Å². The molecule has 0 unspecified atom stereocenters. The number of phenolic OH excluding ortho intramolecular Hbond substituents is 1. The lowest BCUT2D eigenvalue weighted by atomic mass is 10.2. The van der Waals surface area contributed by atoms with Gasteiger partial charge in [-0.15, -0.1) is 0 Å². The molecule has 2 aromatic rings. The van der Waals surface area contributed by atoms with Gasteiger partial charge in [0.25, 0.3) is 11.6 Å². The molecule has 0 aliphatic heterocycles. The third kappa shape index (κ3) is 3.79. The van der Waals surface area contributed by atoms with Crippen LogP contribution in [0.5, 0.6) is 11.5 Å². The second-order valence-electron chi connectivity index (χ2n) is 4.28. The Morgan fingerprint density at radius 2 is 2.30 bits per heavy atom. The molecule has 2 rings (SSSR count). The Bertz CT molecular complexity index is 761. The molecular weight excluding hydrogens is 304 g/mol. The van der Waals surface area contributed by atoms with Crippen molar-refractivity contribution in [3.63, 3.8) is 0 Å². The summed E-state index contributed by atoms with van der Waals surface area (Å²) >= 11 is 0. The maximum absolute atomic E-state index is 11.8. The maximum Gasteiger partial charge on any atom is 0.274 e. The fourth-order valence-corrected chi connectivity index (χ4v) is 1.70. The fraction of sp³-hybridized carbons (Fsp3) is 0.0714. The number of carbonyl (C=O) groups is 1. The number of nitro groups is 1. The minimum atomic E-state index is -0.631. The zero-order valence-electron chi connectivity index (χ0n) is 12.0. The van der Waals surface area contributed by atoms with Crippen molar-refractivity contribution in [3.05, 3.63) is 57.9 Å². The van der Waals surface area contributed by atoms with Gasteiger partial charge < -0.3 is 9.84 Å².